The molecule has 0 amide bonds. The summed E-state index contributed by atoms with van der Waals surface area (Å²) in [6.45, 7) is 2.05. The number of pyridine rings is 1. The van der Waals surface area contributed by atoms with Gasteiger partial charge < -0.3 is 5.73 Å². The molecule has 1 heterocycles. The molecule has 0 saturated carbocycles. The van der Waals surface area contributed by atoms with Crippen LogP contribution in [-0.2, 0) is 0 Å². The van der Waals surface area contributed by atoms with Crippen LogP contribution in [-0.4, -0.2) is 4.98 Å². The highest BCUT2D eigenvalue weighted by Gasteiger charge is 2.12. The third kappa shape index (κ3) is 2.28. The van der Waals surface area contributed by atoms with E-state index in [0.717, 1.165) is 37.0 Å². The molecule has 0 aliphatic heterocycles. The first kappa shape index (κ1) is 13.4. The Morgan fingerprint density at radius 2 is 2.00 bits per heavy atom. The molecular weight excluding hydrogens is 336 g/mol. The second-order valence-corrected chi connectivity index (χ2v) is 6.04. The molecule has 2 aromatic carbocycles. The summed E-state index contributed by atoms with van der Waals surface area (Å²) in [6, 6.07) is 11.9. The second-order valence-electron chi connectivity index (χ2n) is 4.72. The molecule has 0 radical (unpaired) electrons. The molecule has 1 aromatic heterocycles. The summed E-state index contributed by atoms with van der Waals surface area (Å²) in [6.07, 6.45) is 1.78. The maximum atomic E-state index is 6.39. The number of aromatic nitrogens is 1. The number of rotatable bonds is 1. The lowest BCUT2D eigenvalue weighted by Gasteiger charge is -2.13. The van der Waals surface area contributed by atoms with Gasteiger partial charge in [-0.05, 0) is 47.7 Å². The zero-order valence-electron chi connectivity index (χ0n) is 10.8. The predicted molar refractivity (Wildman–Crippen MR) is 89.0 cm³/mol. The first-order valence-corrected chi connectivity index (χ1v) is 7.33. The number of hydrogen-bond donors (Lipinski definition) is 1. The number of fused-ring (bicyclic) bond motifs is 1. The van der Waals surface area contributed by atoms with E-state index >= 15 is 0 Å². The quantitative estimate of drug-likeness (QED) is 0.656. The monoisotopic (exact) mass is 346 g/mol. The Bertz CT molecular complexity index is 795. The molecular formula is C16H12BrClN2. The van der Waals surface area contributed by atoms with Crippen molar-refractivity contribution in [3.63, 3.8) is 0 Å². The molecule has 0 saturated heterocycles. The standard InChI is InChI=1S/C16H12BrClN2/c1-9-3-2-4-14(18)16(9)13-6-11(17)5-10-8-20-15(19)7-12(10)13/h2-8H,1H3,(H2,19,20). The summed E-state index contributed by atoms with van der Waals surface area (Å²) in [5.74, 6) is 0.505. The summed E-state index contributed by atoms with van der Waals surface area (Å²) in [7, 11) is 0. The number of nitrogens with zero attached hydrogens (tertiary/aromatic N) is 1. The average Bonchev–Trinajstić information content (AvgIpc) is 2.39. The molecule has 0 unspecified atom stereocenters. The van der Waals surface area contributed by atoms with Crippen molar-refractivity contribution >= 4 is 44.1 Å². The van der Waals surface area contributed by atoms with Crippen molar-refractivity contribution in [2.24, 2.45) is 0 Å². The molecule has 0 aliphatic rings. The molecule has 20 heavy (non-hydrogen) atoms. The van der Waals surface area contributed by atoms with Gasteiger partial charge in [0.2, 0.25) is 0 Å². The summed E-state index contributed by atoms with van der Waals surface area (Å²) >= 11 is 9.94. The number of halogens is 2. The van der Waals surface area contributed by atoms with Gasteiger partial charge in [-0.2, -0.15) is 0 Å². The van der Waals surface area contributed by atoms with Crippen LogP contribution in [0, 0.1) is 6.92 Å². The maximum absolute atomic E-state index is 6.39. The molecule has 100 valence electrons. The van der Waals surface area contributed by atoms with Crippen LogP contribution >= 0.6 is 27.5 Å². The Balaban J connectivity index is 2.44. The number of anilines is 1. The lowest BCUT2D eigenvalue weighted by Crippen LogP contribution is -1.92. The Kier molecular flexibility index (Phi) is 3.40. The molecule has 3 aromatic rings. The fraction of sp³-hybridized carbons (Fsp3) is 0.0625. The molecule has 4 heteroatoms. The Labute approximate surface area is 130 Å². The lowest BCUT2D eigenvalue weighted by atomic mass is 9.96. The fourth-order valence-electron chi connectivity index (χ4n) is 2.42. The zero-order valence-corrected chi connectivity index (χ0v) is 13.2. The zero-order chi connectivity index (χ0) is 14.3. The number of hydrogen-bond acceptors (Lipinski definition) is 2. The van der Waals surface area contributed by atoms with Crippen molar-refractivity contribution in [2.45, 2.75) is 6.92 Å². The fourth-order valence-corrected chi connectivity index (χ4v) is 3.22. The largest absolute Gasteiger partial charge is 0.384 e. The molecule has 0 bridgehead atoms. The van der Waals surface area contributed by atoms with Crippen molar-refractivity contribution in [3.05, 3.63) is 57.7 Å². The van der Waals surface area contributed by atoms with Crippen molar-refractivity contribution < 1.29 is 0 Å². The van der Waals surface area contributed by atoms with Crippen LogP contribution < -0.4 is 5.73 Å². The van der Waals surface area contributed by atoms with Crippen LogP contribution in [0.4, 0.5) is 5.82 Å². The van der Waals surface area contributed by atoms with E-state index in [1.807, 2.05) is 24.3 Å². The van der Waals surface area contributed by atoms with Crippen LogP contribution in [0.3, 0.4) is 0 Å². The lowest BCUT2D eigenvalue weighted by molar-refractivity contribution is 1.37. The normalized spacial score (nSPS) is 10.9. The summed E-state index contributed by atoms with van der Waals surface area (Å²) in [5, 5.41) is 2.82. The van der Waals surface area contributed by atoms with Gasteiger partial charge in [0.25, 0.3) is 0 Å². The molecule has 2 nitrogen and oxygen atoms in total. The van der Waals surface area contributed by atoms with E-state index < -0.39 is 0 Å². The van der Waals surface area contributed by atoms with E-state index in [0.29, 0.717) is 5.82 Å². The van der Waals surface area contributed by atoms with Crippen molar-refractivity contribution in [1.82, 2.24) is 4.98 Å². The highest BCUT2D eigenvalue weighted by Crippen LogP contribution is 2.38. The van der Waals surface area contributed by atoms with E-state index in [1.54, 1.807) is 6.20 Å². The van der Waals surface area contributed by atoms with Gasteiger partial charge in [-0.25, -0.2) is 4.98 Å². The van der Waals surface area contributed by atoms with Crippen LogP contribution in [0.1, 0.15) is 5.56 Å². The third-order valence-electron chi connectivity index (χ3n) is 3.31. The molecule has 3 rings (SSSR count). The highest BCUT2D eigenvalue weighted by molar-refractivity contribution is 9.10. The van der Waals surface area contributed by atoms with E-state index in [-0.39, 0.29) is 0 Å². The summed E-state index contributed by atoms with van der Waals surface area (Å²) in [5.41, 5.74) is 9.06. The Morgan fingerprint density at radius 1 is 1.20 bits per heavy atom. The minimum absolute atomic E-state index is 0.505. The van der Waals surface area contributed by atoms with Crippen molar-refractivity contribution in [3.8, 4) is 11.1 Å². The van der Waals surface area contributed by atoms with Crippen LogP contribution in [0.5, 0.6) is 0 Å². The molecule has 0 spiro atoms. The highest BCUT2D eigenvalue weighted by atomic mass is 79.9. The van der Waals surface area contributed by atoms with E-state index in [9.17, 15) is 0 Å². The van der Waals surface area contributed by atoms with Crippen LogP contribution in [0.15, 0.2) is 47.1 Å². The van der Waals surface area contributed by atoms with E-state index in [1.165, 1.54) is 0 Å². The van der Waals surface area contributed by atoms with Gasteiger partial charge in [-0.3, -0.25) is 0 Å². The van der Waals surface area contributed by atoms with Gasteiger partial charge in [-0.1, -0.05) is 39.7 Å². The molecule has 0 fully saturated rings. The smallest absolute Gasteiger partial charge is 0.123 e. The molecule has 2 N–H and O–H groups in total. The first-order chi connectivity index (χ1) is 9.56. The third-order valence-corrected chi connectivity index (χ3v) is 4.09. The van der Waals surface area contributed by atoms with Gasteiger partial charge in [0, 0.05) is 26.6 Å². The van der Waals surface area contributed by atoms with Gasteiger partial charge >= 0.3 is 0 Å². The topological polar surface area (TPSA) is 38.9 Å². The number of benzene rings is 2. The number of aryl methyl sites for hydroxylation is 1. The summed E-state index contributed by atoms with van der Waals surface area (Å²) < 4.78 is 0.992. The maximum Gasteiger partial charge on any atom is 0.123 e. The number of nitrogens with two attached hydrogens (primary N) is 1. The van der Waals surface area contributed by atoms with Gasteiger partial charge in [-0.15, -0.1) is 0 Å². The van der Waals surface area contributed by atoms with Crippen LogP contribution in [0.25, 0.3) is 21.9 Å². The van der Waals surface area contributed by atoms with Gasteiger partial charge in [0.05, 0.1) is 0 Å². The van der Waals surface area contributed by atoms with Gasteiger partial charge in [0.15, 0.2) is 0 Å². The minimum atomic E-state index is 0.505. The Hall–Kier alpha value is -1.58. The van der Waals surface area contributed by atoms with E-state index in [2.05, 4.69) is 40.0 Å². The van der Waals surface area contributed by atoms with Crippen LogP contribution in [0.2, 0.25) is 5.02 Å². The SMILES string of the molecule is Cc1cccc(Cl)c1-c1cc(Br)cc2cnc(N)cc12. The molecule has 0 aliphatic carbocycles. The van der Waals surface area contributed by atoms with Crippen molar-refractivity contribution in [2.75, 3.05) is 5.73 Å². The first-order valence-electron chi connectivity index (χ1n) is 6.16. The minimum Gasteiger partial charge on any atom is -0.384 e. The van der Waals surface area contributed by atoms with Crippen molar-refractivity contribution in [1.29, 1.82) is 0 Å². The summed E-state index contributed by atoms with van der Waals surface area (Å²) in [4.78, 5) is 4.15. The second kappa shape index (κ2) is 5.08. The average molecular weight is 348 g/mol. The Morgan fingerprint density at radius 3 is 2.75 bits per heavy atom. The molecule has 0 atom stereocenters. The van der Waals surface area contributed by atoms with Gasteiger partial charge in [0.1, 0.15) is 5.82 Å². The predicted octanol–water partition coefficient (Wildman–Crippen LogP) is 5.21. The number of nitrogen functional groups attached to an aromatic ring is 1. The van der Waals surface area contributed by atoms with E-state index in [4.69, 9.17) is 17.3 Å².